The predicted octanol–water partition coefficient (Wildman–Crippen LogP) is 2.46. The van der Waals surface area contributed by atoms with Crippen LogP contribution in [0.5, 0.6) is 0 Å². The fourth-order valence-electron chi connectivity index (χ4n) is 1.81. The van der Waals surface area contributed by atoms with Crippen LogP contribution >= 0.6 is 0 Å². The summed E-state index contributed by atoms with van der Waals surface area (Å²) < 4.78 is 5.09. The summed E-state index contributed by atoms with van der Waals surface area (Å²) in [5.74, 6) is 0. The van der Waals surface area contributed by atoms with Gasteiger partial charge in [0.15, 0.2) is 0 Å². The van der Waals surface area contributed by atoms with Crippen molar-refractivity contribution in [1.29, 1.82) is 0 Å². The number of hydrogen-bond donors (Lipinski definition) is 1. The van der Waals surface area contributed by atoms with E-state index < -0.39 is 0 Å². The van der Waals surface area contributed by atoms with Crippen molar-refractivity contribution in [1.82, 2.24) is 0 Å². The molecule has 0 amide bonds. The summed E-state index contributed by atoms with van der Waals surface area (Å²) in [5, 5.41) is 9.48. The van der Waals surface area contributed by atoms with Crippen molar-refractivity contribution >= 4 is 0 Å². The molecule has 2 heteroatoms. The lowest BCUT2D eigenvalue weighted by Crippen LogP contribution is -2.39. The van der Waals surface area contributed by atoms with Gasteiger partial charge >= 0.3 is 0 Å². The van der Waals surface area contributed by atoms with Crippen LogP contribution in [0.25, 0.3) is 0 Å². The first-order chi connectivity index (χ1) is 5.93. The molecule has 1 unspecified atom stereocenters. The third-order valence-corrected chi connectivity index (χ3v) is 3.36. The topological polar surface area (TPSA) is 29.5 Å². The zero-order valence-corrected chi connectivity index (χ0v) is 9.68. The van der Waals surface area contributed by atoms with Crippen LogP contribution < -0.4 is 0 Å². The predicted molar refractivity (Wildman–Crippen MR) is 55.8 cm³/mol. The largest absolute Gasteiger partial charge is 0.396 e. The molecule has 0 radical (unpaired) electrons. The molecule has 2 nitrogen and oxygen atoms in total. The second kappa shape index (κ2) is 4.97. The highest BCUT2D eigenvalue weighted by Gasteiger charge is 2.39. The second-order valence-electron chi connectivity index (χ2n) is 4.78. The van der Waals surface area contributed by atoms with Gasteiger partial charge in [-0.3, -0.25) is 0 Å². The molecular weight excluding hydrogens is 164 g/mol. The van der Waals surface area contributed by atoms with Gasteiger partial charge in [-0.2, -0.15) is 0 Å². The molecule has 0 fully saturated rings. The van der Waals surface area contributed by atoms with Crippen molar-refractivity contribution in [3.63, 3.8) is 0 Å². The highest BCUT2D eigenvalue weighted by molar-refractivity contribution is 4.88. The molecule has 0 aromatic carbocycles. The highest BCUT2D eigenvalue weighted by atomic mass is 16.5. The summed E-state index contributed by atoms with van der Waals surface area (Å²) in [5.41, 5.74) is 0.137. The fraction of sp³-hybridized carbons (Fsp3) is 1.00. The smallest absolute Gasteiger partial charge is 0.0493 e. The number of ether oxygens (including phenoxy) is 1. The van der Waals surface area contributed by atoms with E-state index in [2.05, 4.69) is 27.7 Å². The minimum atomic E-state index is 0.00299. The van der Waals surface area contributed by atoms with E-state index >= 15 is 0 Å². The molecule has 0 aliphatic rings. The number of hydrogen-bond acceptors (Lipinski definition) is 2. The van der Waals surface area contributed by atoms with Gasteiger partial charge in [0.2, 0.25) is 0 Å². The van der Waals surface area contributed by atoms with E-state index in [4.69, 9.17) is 4.74 Å². The molecule has 0 saturated carbocycles. The van der Waals surface area contributed by atoms with Crippen LogP contribution in [0.2, 0.25) is 0 Å². The van der Waals surface area contributed by atoms with E-state index in [9.17, 15) is 5.11 Å². The van der Waals surface area contributed by atoms with E-state index in [0.29, 0.717) is 0 Å². The van der Waals surface area contributed by atoms with Crippen LogP contribution in [-0.2, 0) is 4.74 Å². The SMILES string of the molecule is CCC(CO)(CCOC)C(C)(C)C. The van der Waals surface area contributed by atoms with Crippen LogP contribution in [0.15, 0.2) is 0 Å². The first kappa shape index (κ1) is 12.9. The van der Waals surface area contributed by atoms with E-state index in [1.165, 1.54) is 0 Å². The van der Waals surface area contributed by atoms with Crippen LogP contribution in [0.4, 0.5) is 0 Å². The van der Waals surface area contributed by atoms with E-state index in [-0.39, 0.29) is 17.4 Å². The van der Waals surface area contributed by atoms with E-state index in [0.717, 1.165) is 19.4 Å². The Morgan fingerprint density at radius 3 is 2.00 bits per heavy atom. The standard InChI is InChI=1S/C11H24O2/c1-6-11(9-12,7-8-13-5)10(2,3)4/h12H,6-9H2,1-5H3. The molecule has 0 bridgehead atoms. The van der Waals surface area contributed by atoms with Crippen molar-refractivity contribution in [3.05, 3.63) is 0 Å². The lowest BCUT2D eigenvalue weighted by molar-refractivity contribution is -0.0153. The van der Waals surface area contributed by atoms with Crippen molar-refractivity contribution in [2.75, 3.05) is 20.3 Å². The highest BCUT2D eigenvalue weighted by Crippen LogP contribution is 2.43. The summed E-state index contributed by atoms with van der Waals surface area (Å²) in [4.78, 5) is 0. The minimum Gasteiger partial charge on any atom is -0.396 e. The average molecular weight is 188 g/mol. The number of aliphatic hydroxyl groups excluding tert-OH is 1. The lowest BCUT2D eigenvalue weighted by Gasteiger charge is -2.43. The second-order valence-corrected chi connectivity index (χ2v) is 4.78. The van der Waals surface area contributed by atoms with E-state index in [1.807, 2.05) is 0 Å². The van der Waals surface area contributed by atoms with Crippen molar-refractivity contribution in [3.8, 4) is 0 Å². The first-order valence-electron chi connectivity index (χ1n) is 5.03. The summed E-state index contributed by atoms with van der Waals surface area (Å²) >= 11 is 0. The molecule has 0 aliphatic heterocycles. The van der Waals surface area contributed by atoms with Gasteiger partial charge in [0, 0.05) is 25.7 Å². The third kappa shape index (κ3) is 2.96. The normalized spacial score (nSPS) is 17.1. The summed E-state index contributed by atoms with van der Waals surface area (Å²) in [7, 11) is 1.71. The maximum Gasteiger partial charge on any atom is 0.0493 e. The maximum atomic E-state index is 9.48. The molecule has 1 N–H and O–H groups in total. The summed E-state index contributed by atoms with van der Waals surface area (Å²) in [6.45, 7) is 9.66. The number of aliphatic hydroxyl groups is 1. The minimum absolute atomic E-state index is 0.00299. The Morgan fingerprint density at radius 1 is 1.23 bits per heavy atom. The molecule has 0 heterocycles. The van der Waals surface area contributed by atoms with Gasteiger partial charge in [-0.15, -0.1) is 0 Å². The van der Waals surface area contributed by atoms with Crippen LogP contribution in [0.1, 0.15) is 40.5 Å². The molecule has 0 saturated heterocycles. The van der Waals surface area contributed by atoms with Gasteiger partial charge in [0.05, 0.1) is 0 Å². The lowest BCUT2D eigenvalue weighted by atomic mass is 9.63. The number of rotatable bonds is 5. The molecule has 0 rings (SSSR count). The third-order valence-electron chi connectivity index (χ3n) is 3.36. The Morgan fingerprint density at radius 2 is 1.77 bits per heavy atom. The zero-order valence-electron chi connectivity index (χ0n) is 9.68. The molecule has 80 valence electrons. The van der Waals surface area contributed by atoms with Gasteiger partial charge in [-0.05, 0) is 18.3 Å². The fourth-order valence-corrected chi connectivity index (χ4v) is 1.81. The van der Waals surface area contributed by atoms with Gasteiger partial charge in [-0.1, -0.05) is 27.7 Å². The Kier molecular flexibility index (Phi) is 4.93. The maximum absolute atomic E-state index is 9.48. The van der Waals surface area contributed by atoms with E-state index in [1.54, 1.807) is 7.11 Å². The molecule has 0 aromatic heterocycles. The Balaban J connectivity index is 4.50. The first-order valence-corrected chi connectivity index (χ1v) is 5.03. The zero-order chi connectivity index (χ0) is 10.5. The quantitative estimate of drug-likeness (QED) is 0.718. The summed E-state index contributed by atoms with van der Waals surface area (Å²) in [6.07, 6.45) is 1.93. The molecule has 0 aromatic rings. The molecule has 0 spiro atoms. The monoisotopic (exact) mass is 188 g/mol. The van der Waals surface area contributed by atoms with Crippen LogP contribution in [0.3, 0.4) is 0 Å². The molecule has 13 heavy (non-hydrogen) atoms. The van der Waals surface area contributed by atoms with Crippen molar-refractivity contribution < 1.29 is 9.84 Å². The molecule has 0 aliphatic carbocycles. The van der Waals surface area contributed by atoms with Crippen LogP contribution in [-0.4, -0.2) is 25.4 Å². The van der Waals surface area contributed by atoms with Gasteiger partial charge < -0.3 is 9.84 Å². The molecular formula is C11H24O2. The Hall–Kier alpha value is -0.0800. The Labute approximate surface area is 82.3 Å². The van der Waals surface area contributed by atoms with Crippen molar-refractivity contribution in [2.24, 2.45) is 10.8 Å². The number of methoxy groups -OCH3 is 1. The van der Waals surface area contributed by atoms with Gasteiger partial charge in [0.1, 0.15) is 0 Å². The van der Waals surface area contributed by atoms with Gasteiger partial charge in [0.25, 0.3) is 0 Å². The van der Waals surface area contributed by atoms with Crippen molar-refractivity contribution in [2.45, 2.75) is 40.5 Å². The summed E-state index contributed by atoms with van der Waals surface area (Å²) in [6, 6.07) is 0. The molecule has 1 atom stereocenters. The van der Waals surface area contributed by atoms with Gasteiger partial charge in [-0.25, -0.2) is 0 Å². The Bertz CT molecular complexity index is 132. The average Bonchev–Trinajstić information content (AvgIpc) is 2.05. The van der Waals surface area contributed by atoms with Crippen LogP contribution in [0, 0.1) is 10.8 Å².